The van der Waals surface area contributed by atoms with Crippen molar-refractivity contribution in [3.63, 3.8) is 0 Å². The highest BCUT2D eigenvalue weighted by Gasteiger charge is 2.12. The van der Waals surface area contributed by atoms with Crippen molar-refractivity contribution in [2.45, 2.75) is 32.8 Å². The predicted octanol–water partition coefficient (Wildman–Crippen LogP) is 1.14. The lowest BCUT2D eigenvalue weighted by molar-refractivity contribution is 0.0552. The summed E-state index contributed by atoms with van der Waals surface area (Å²) in [4.78, 5) is 1.81. The molecule has 22 heavy (non-hydrogen) atoms. The Labute approximate surface area is 133 Å². The number of aliphatic hydroxyl groups is 3. The van der Waals surface area contributed by atoms with E-state index in [0.717, 1.165) is 5.75 Å². The van der Waals surface area contributed by atoms with Gasteiger partial charge in [-0.1, -0.05) is 19.9 Å². The van der Waals surface area contributed by atoms with Crippen LogP contribution in [0.15, 0.2) is 18.2 Å². The van der Waals surface area contributed by atoms with Crippen molar-refractivity contribution >= 4 is 0 Å². The van der Waals surface area contributed by atoms with Gasteiger partial charge in [0.2, 0.25) is 0 Å². The van der Waals surface area contributed by atoms with Crippen molar-refractivity contribution in [2.24, 2.45) is 0 Å². The van der Waals surface area contributed by atoms with E-state index >= 15 is 0 Å². The Morgan fingerprint density at radius 1 is 1.14 bits per heavy atom. The standard InChI is InChI=1S/C17H29NO4/c1-13(2)17-5-4-16(10-14(17)3)22-12-15(21)11-18(6-8-19)7-9-20/h4-5,10,13,15,19-21H,6-9,11-12H2,1-3H3/t15-/m0/s1. The van der Waals surface area contributed by atoms with Gasteiger partial charge in [0.25, 0.3) is 0 Å². The first-order chi connectivity index (χ1) is 10.5. The summed E-state index contributed by atoms with van der Waals surface area (Å²) in [6.07, 6.45) is -0.664. The molecule has 0 amide bonds. The maximum absolute atomic E-state index is 10.0. The molecular weight excluding hydrogens is 282 g/mol. The Morgan fingerprint density at radius 3 is 2.27 bits per heavy atom. The molecule has 1 aromatic carbocycles. The van der Waals surface area contributed by atoms with E-state index in [1.165, 1.54) is 11.1 Å². The van der Waals surface area contributed by atoms with E-state index in [4.69, 9.17) is 14.9 Å². The Morgan fingerprint density at radius 2 is 1.77 bits per heavy atom. The smallest absolute Gasteiger partial charge is 0.119 e. The molecule has 0 unspecified atom stereocenters. The Balaban J connectivity index is 2.49. The lowest BCUT2D eigenvalue weighted by Crippen LogP contribution is -2.38. The Hall–Kier alpha value is -1.14. The predicted molar refractivity (Wildman–Crippen MR) is 87.4 cm³/mol. The molecular formula is C17H29NO4. The van der Waals surface area contributed by atoms with Gasteiger partial charge >= 0.3 is 0 Å². The number of benzene rings is 1. The summed E-state index contributed by atoms with van der Waals surface area (Å²) in [6.45, 7) is 7.79. The molecule has 0 aromatic heterocycles. The van der Waals surface area contributed by atoms with Crippen LogP contribution in [0.25, 0.3) is 0 Å². The molecule has 0 heterocycles. The van der Waals surface area contributed by atoms with Crippen molar-refractivity contribution in [2.75, 3.05) is 39.5 Å². The minimum atomic E-state index is -0.664. The molecule has 0 saturated heterocycles. The fourth-order valence-electron chi connectivity index (χ4n) is 2.51. The van der Waals surface area contributed by atoms with Gasteiger partial charge in [-0.05, 0) is 36.1 Å². The van der Waals surface area contributed by atoms with Crippen molar-refractivity contribution in [3.05, 3.63) is 29.3 Å². The summed E-state index contributed by atoms with van der Waals surface area (Å²) < 4.78 is 5.64. The van der Waals surface area contributed by atoms with Gasteiger partial charge in [0.05, 0.1) is 13.2 Å². The number of rotatable bonds is 10. The molecule has 0 aliphatic carbocycles. The first kappa shape index (κ1) is 18.9. The van der Waals surface area contributed by atoms with Crippen LogP contribution in [0.2, 0.25) is 0 Å². The Kier molecular flexibility index (Phi) is 8.42. The van der Waals surface area contributed by atoms with Crippen molar-refractivity contribution in [3.8, 4) is 5.75 Å². The SMILES string of the molecule is Cc1cc(OC[C@@H](O)CN(CCO)CCO)ccc1C(C)C. The molecule has 0 spiro atoms. The summed E-state index contributed by atoms with van der Waals surface area (Å²) in [5.41, 5.74) is 2.48. The largest absolute Gasteiger partial charge is 0.491 e. The third kappa shape index (κ3) is 6.32. The monoisotopic (exact) mass is 311 g/mol. The van der Waals surface area contributed by atoms with Crippen molar-refractivity contribution < 1.29 is 20.1 Å². The number of aliphatic hydroxyl groups excluding tert-OH is 3. The van der Waals surface area contributed by atoms with Crippen LogP contribution < -0.4 is 4.74 Å². The second kappa shape index (κ2) is 9.79. The number of ether oxygens (including phenoxy) is 1. The lowest BCUT2D eigenvalue weighted by Gasteiger charge is -2.23. The zero-order chi connectivity index (χ0) is 16.5. The third-order valence-corrected chi connectivity index (χ3v) is 3.61. The lowest BCUT2D eigenvalue weighted by atomic mass is 9.98. The molecule has 5 nitrogen and oxygen atoms in total. The van der Waals surface area contributed by atoms with Crippen LogP contribution in [0.5, 0.6) is 5.75 Å². The molecule has 1 rings (SSSR count). The van der Waals surface area contributed by atoms with E-state index in [-0.39, 0.29) is 19.8 Å². The summed E-state index contributed by atoms with van der Waals surface area (Å²) in [5.74, 6) is 1.22. The quantitative estimate of drug-likeness (QED) is 0.604. The van der Waals surface area contributed by atoms with Crippen LogP contribution >= 0.6 is 0 Å². The maximum atomic E-state index is 10.0. The van der Waals surface area contributed by atoms with E-state index in [9.17, 15) is 5.11 Å². The number of aryl methyl sites for hydroxylation is 1. The van der Waals surface area contributed by atoms with Gasteiger partial charge in [0, 0.05) is 19.6 Å². The van der Waals surface area contributed by atoms with Crippen LogP contribution in [0, 0.1) is 6.92 Å². The average Bonchev–Trinajstić information content (AvgIpc) is 2.45. The van der Waals surface area contributed by atoms with E-state index in [0.29, 0.717) is 25.6 Å². The summed E-state index contributed by atoms with van der Waals surface area (Å²) in [5, 5.41) is 27.9. The van der Waals surface area contributed by atoms with E-state index < -0.39 is 6.10 Å². The Bertz CT molecular complexity index is 431. The highest BCUT2D eigenvalue weighted by molar-refractivity contribution is 5.36. The minimum Gasteiger partial charge on any atom is -0.491 e. The highest BCUT2D eigenvalue weighted by Crippen LogP contribution is 2.23. The molecule has 0 saturated carbocycles. The van der Waals surface area contributed by atoms with Crippen LogP contribution in [0.1, 0.15) is 30.9 Å². The normalized spacial score (nSPS) is 12.9. The number of nitrogens with zero attached hydrogens (tertiary/aromatic N) is 1. The molecule has 5 heteroatoms. The van der Waals surface area contributed by atoms with Gasteiger partial charge in [0.1, 0.15) is 18.5 Å². The number of hydrogen-bond donors (Lipinski definition) is 3. The maximum Gasteiger partial charge on any atom is 0.119 e. The number of hydrogen-bond acceptors (Lipinski definition) is 5. The van der Waals surface area contributed by atoms with Crippen LogP contribution in [-0.4, -0.2) is 65.8 Å². The summed E-state index contributed by atoms with van der Waals surface area (Å²) in [6, 6.07) is 5.97. The second-order valence-corrected chi connectivity index (χ2v) is 5.89. The van der Waals surface area contributed by atoms with Gasteiger partial charge in [-0.2, -0.15) is 0 Å². The van der Waals surface area contributed by atoms with Crippen molar-refractivity contribution in [1.29, 1.82) is 0 Å². The summed E-state index contributed by atoms with van der Waals surface area (Å²) in [7, 11) is 0. The van der Waals surface area contributed by atoms with Gasteiger partial charge < -0.3 is 20.1 Å². The average molecular weight is 311 g/mol. The molecule has 0 fully saturated rings. The van der Waals surface area contributed by atoms with Gasteiger partial charge in [-0.3, -0.25) is 4.90 Å². The van der Waals surface area contributed by atoms with Gasteiger partial charge in [0.15, 0.2) is 0 Å². The first-order valence-electron chi connectivity index (χ1n) is 7.83. The van der Waals surface area contributed by atoms with Crippen molar-refractivity contribution in [1.82, 2.24) is 4.90 Å². The van der Waals surface area contributed by atoms with Gasteiger partial charge in [-0.15, -0.1) is 0 Å². The van der Waals surface area contributed by atoms with Crippen LogP contribution in [0.4, 0.5) is 0 Å². The molecule has 3 N–H and O–H groups in total. The fraction of sp³-hybridized carbons (Fsp3) is 0.647. The minimum absolute atomic E-state index is 0.00341. The molecule has 1 atom stereocenters. The molecule has 0 bridgehead atoms. The van der Waals surface area contributed by atoms with Crippen LogP contribution in [0.3, 0.4) is 0 Å². The molecule has 0 radical (unpaired) electrons. The van der Waals surface area contributed by atoms with E-state index in [1.54, 1.807) is 4.90 Å². The third-order valence-electron chi connectivity index (χ3n) is 3.61. The molecule has 1 aromatic rings. The first-order valence-corrected chi connectivity index (χ1v) is 7.83. The molecule has 0 aliphatic heterocycles. The molecule has 0 aliphatic rings. The second-order valence-electron chi connectivity index (χ2n) is 5.89. The summed E-state index contributed by atoms with van der Waals surface area (Å²) >= 11 is 0. The highest BCUT2D eigenvalue weighted by atomic mass is 16.5. The fourth-order valence-corrected chi connectivity index (χ4v) is 2.51. The zero-order valence-electron chi connectivity index (χ0n) is 13.8. The molecule has 126 valence electrons. The van der Waals surface area contributed by atoms with Crippen LogP contribution in [-0.2, 0) is 0 Å². The van der Waals surface area contributed by atoms with E-state index in [2.05, 4.69) is 26.8 Å². The van der Waals surface area contributed by atoms with E-state index in [1.807, 2.05) is 12.1 Å². The zero-order valence-corrected chi connectivity index (χ0v) is 13.8. The topological polar surface area (TPSA) is 73.2 Å². The van der Waals surface area contributed by atoms with Gasteiger partial charge in [-0.25, -0.2) is 0 Å².